The minimum Gasteiger partial charge on any atom is -0.497 e. The molecule has 0 aliphatic carbocycles. The van der Waals surface area contributed by atoms with E-state index in [9.17, 15) is 19.2 Å². The summed E-state index contributed by atoms with van der Waals surface area (Å²) >= 11 is 0. The van der Waals surface area contributed by atoms with E-state index in [1.807, 2.05) is 30.3 Å². The van der Waals surface area contributed by atoms with E-state index in [4.69, 9.17) is 4.74 Å². The number of carbonyl (C=O) groups is 4. The Bertz CT molecular complexity index is 1420. The first-order valence-electron chi connectivity index (χ1n) is 11.6. The van der Waals surface area contributed by atoms with E-state index in [1.165, 1.54) is 4.90 Å². The first-order chi connectivity index (χ1) is 17.2. The number of urea groups is 1. The molecule has 36 heavy (non-hydrogen) atoms. The maximum atomic E-state index is 13.5. The summed E-state index contributed by atoms with van der Waals surface area (Å²) < 4.78 is 5.27. The molecule has 5 amide bonds. The topological polar surface area (TPSA) is 108 Å². The lowest BCUT2D eigenvalue weighted by molar-refractivity contribution is -0.134. The zero-order valence-corrected chi connectivity index (χ0v) is 20.2. The number of amides is 5. The van der Waals surface area contributed by atoms with Gasteiger partial charge in [-0.3, -0.25) is 19.3 Å². The lowest BCUT2D eigenvalue weighted by atomic mass is 9.90. The molecule has 3 aromatic rings. The third-order valence-corrected chi connectivity index (χ3v) is 6.82. The summed E-state index contributed by atoms with van der Waals surface area (Å²) in [7, 11) is 1.60. The molecule has 2 heterocycles. The highest BCUT2D eigenvalue weighted by molar-refractivity contribution is 6.12. The van der Waals surface area contributed by atoms with Crippen LogP contribution in [0.1, 0.15) is 25.8 Å². The third kappa shape index (κ3) is 3.82. The van der Waals surface area contributed by atoms with E-state index >= 15 is 0 Å². The van der Waals surface area contributed by atoms with Crippen molar-refractivity contribution >= 4 is 45.9 Å². The van der Waals surface area contributed by atoms with Gasteiger partial charge in [0.2, 0.25) is 11.8 Å². The van der Waals surface area contributed by atoms with E-state index in [1.54, 1.807) is 51.3 Å². The number of para-hydroxylation sites is 2. The van der Waals surface area contributed by atoms with E-state index in [2.05, 4.69) is 10.6 Å². The second-order valence-electron chi connectivity index (χ2n) is 9.26. The molecule has 0 bridgehead atoms. The van der Waals surface area contributed by atoms with E-state index < -0.39 is 36.0 Å². The van der Waals surface area contributed by atoms with E-state index in [0.717, 1.165) is 21.4 Å². The second kappa shape index (κ2) is 8.67. The molecule has 1 fully saturated rings. The highest BCUT2D eigenvalue weighted by Crippen LogP contribution is 2.34. The number of rotatable bonds is 4. The van der Waals surface area contributed by atoms with Gasteiger partial charge in [-0.05, 0) is 60.5 Å². The molecule has 2 aliphatic rings. The Balaban J connectivity index is 1.42. The highest BCUT2D eigenvalue weighted by atomic mass is 16.5. The molecule has 184 valence electrons. The minimum atomic E-state index is -1.33. The number of carbonyl (C=O) groups excluding carboxylic acids is 4. The molecule has 2 aliphatic heterocycles. The largest absolute Gasteiger partial charge is 0.497 e. The summed E-state index contributed by atoms with van der Waals surface area (Å²) in [5.74, 6) is -0.456. The van der Waals surface area contributed by atoms with Gasteiger partial charge in [-0.1, -0.05) is 30.3 Å². The second-order valence-corrected chi connectivity index (χ2v) is 9.26. The molecule has 0 aromatic heterocycles. The van der Waals surface area contributed by atoms with Crippen LogP contribution in [0.3, 0.4) is 0 Å². The standard InChI is InChI=1S/C27H26N4O5/c1-16-12-23(32)28-21-6-4-5-7-22(21)31(16)24(33)15-30-25(34)27(2,29-26(30)35)19-10-8-18-14-20(36-3)11-9-17(18)13-19/h4-11,13-14,16H,12,15H2,1-3H3,(H,28,32)(H,29,35). The lowest BCUT2D eigenvalue weighted by Gasteiger charge is -2.29. The Morgan fingerprint density at radius 1 is 1.06 bits per heavy atom. The molecule has 9 nitrogen and oxygen atoms in total. The fraction of sp³-hybridized carbons (Fsp3) is 0.259. The fourth-order valence-corrected chi connectivity index (χ4v) is 4.88. The maximum absolute atomic E-state index is 13.5. The monoisotopic (exact) mass is 486 g/mol. The van der Waals surface area contributed by atoms with Gasteiger partial charge in [0.1, 0.15) is 17.8 Å². The molecule has 2 atom stereocenters. The van der Waals surface area contributed by atoms with Crippen LogP contribution in [0.25, 0.3) is 10.8 Å². The van der Waals surface area contributed by atoms with Crippen molar-refractivity contribution in [2.75, 3.05) is 23.9 Å². The van der Waals surface area contributed by atoms with Crippen LogP contribution in [0, 0.1) is 0 Å². The summed E-state index contributed by atoms with van der Waals surface area (Å²) in [6, 6.07) is 17.0. The first-order valence-corrected chi connectivity index (χ1v) is 11.6. The fourth-order valence-electron chi connectivity index (χ4n) is 4.88. The summed E-state index contributed by atoms with van der Waals surface area (Å²) in [6.45, 7) is 2.95. The maximum Gasteiger partial charge on any atom is 0.325 e. The average Bonchev–Trinajstić information content (AvgIpc) is 2.99. The van der Waals surface area contributed by atoms with Crippen molar-refractivity contribution in [2.24, 2.45) is 0 Å². The van der Waals surface area contributed by atoms with Crippen LogP contribution in [0.5, 0.6) is 5.75 Å². The van der Waals surface area contributed by atoms with Gasteiger partial charge >= 0.3 is 6.03 Å². The van der Waals surface area contributed by atoms with Crippen LogP contribution >= 0.6 is 0 Å². The van der Waals surface area contributed by atoms with Gasteiger partial charge in [0.05, 0.1) is 18.5 Å². The van der Waals surface area contributed by atoms with Crippen molar-refractivity contribution in [2.45, 2.75) is 31.8 Å². The van der Waals surface area contributed by atoms with Gasteiger partial charge in [0.25, 0.3) is 5.91 Å². The molecule has 9 heteroatoms. The molecule has 0 saturated carbocycles. The quantitative estimate of drug-likeness (QED) is 0.550. The normalized spacial score (nSPS) is 21.6. The first kappa shape index (κ1) is 23.3. The number of anilines is 2. The number of hydrogen-bond acceptors (Lipinski definition) is 5. The van der Waals surface area contributed by atoms with Crippen molar-refractivity contribution in [3.63, 3.8) is 0 Å². The van der Waals surface area contributed by atoms with Gasteiger partial charge in [-0.2, -0.15) is 0 Å². The van der Waals surface area contributed by atoms with E-state index in [-0.39, 0.29) is 12.3 Å². The van der Waals surface area contributed by atoms with Gasteiger partial charge in [0, 0.05) is 12.5 Å². The number of ether oxygens (including phenoxy) is 1. The highest BCUT2D eigenvalue weighted by Gasteiger charge is 2.50. The predicted octanol–water partition coefficient (Wildman–Crippen LogP) is 3.38. The van der Waals surface area contributed by atoms with Crippen LogP contribution in [0.2, 0.25) is 0 Å². The Kier molecular flexibility index (Phi) is 5.62. The van der Waals surface area contributed by atoms with Crippen LogP contribution < -0.4 is 20.3 Å². The molecule has 2 unspecified atom stereocenters. The van der Waals surface area contributed by atoms with Crippen LogP contribution in [-0.4, -0.2) is 48.3 Å². The molecule has 0 spiro atoms. The molecule has 1 saturated heterocycles. The summed E-state index contributed by atoms with van der Waals surface area (Å²) in [4.78, 5) is 54.6. The van der Waals surface area contributed by atoms with Crippen LogP contribution in [0.4, 0.5) is 16.2 Å². The number of nitrogens with one attached hydrogen (secondary N) is 2. The summed E-state index contributed by atoms with van der Waals surface area (Å²) in [5, 5.41) is 7.39. The minimum absolute atomic E-state index is 0.0974. The van der Waals surface area contributed by atoms with Gasteiger partial charge < -0.3 is 20.3 Å². The average molecular weight is 487 g/mol. The Hall–Kier alpha value is -4.40. The zero-order valence-electron chi connectivity index (χ0n) is 20.2. The zero-order chi connectivity index (χ0) is 25.6. The number of benzene rings is 3. The van der Waals surface area contributed by atoms with Crippen molar-refractivity contribution in [3.05, 3.63) is 66.2 Å². The number of nitrogens with zero attached hydrogens (tertiary/aromatic N) is 2. The van der Waals surface area contributed by atoms with Crippen molar-refractivity contribution < 1.29 is 23.9 Å². The number of methoxy groups -OCH3 is 1. The molecule has 3 aromatic carbocycles. The summed E-state index contributed by atoms with van der Waals surface area (Å²) in [5.41, 5.74) is 0.318. The lowest BCUT2D eigenvalue weighted by Crippen LogP contribution is -2.47. The summed E-state index contributed by atoms with van der Waals surface area (Å²) in [6.07, 6.45) is 0.0974. The van der Waals surface area contributed by atoms with Crippen molar-refractivity contribution in [1.82, 2.24) is 10.2 Å². The number of hydrogen-bond donors (Lipinski definition) is 2. The molecular formula is C27H26N4O5. The van der Waals surface area contributed by atoms with Gasteiger partial charge in [-0.15, -0.1) is 0 Å². The molecule has 5 rings (SSSR count). The van der Waals surface area contributed by atoms with Crippen molar-refractivity contribution in [1.29, 1.82) is 0 Å². The number of fused-ring (bicyclic) bond motifs is 2. The van der Waals surface area contributed by atoms with Gasteiger partial charge in [0.15, 0.2) is 0 Å². The smallest absolute Gasteiger partial charge is 0.325 e. The van der Waals surface area contributed by atoms with Crippen LogP contribution in [-0.2, 0) is 19.9 Å². The number of imide groups is 1. The van der Waals surface area contributed by atoms with Gasteiger partial charge in [-0.25, -0.2) is 4.79 Å². The van der Waals surface area contributed by atoms with E-state index in [0.29, 0.717) is 16.9 Å². The SMILES string of the molecule is COc1ccc2cc(C3(C)NC(=O)N(CC(=O)N4c5ccccc5NC(=O)CC4C)C3=O)ccc2c1. The third-order valence-electron chi connectivity index (χ3n) is 6.82. The van der Waals surface area contributed by atoms with Crippen LogP contribution in [0.15, 0.2) is 60.7 Å². The predicted molar refractivity (Wildman–Crippen MR) is 135 cm³/mol. The Morgan fingerprint density at radius 2 is 1.78 bits per heavy atom. The van der Waals surface area contributed by atoms with Crippen molar-refractivity contribution in [3.8, 4) is 5.75 Å². The Labute approximate surface area is 208 Å². The molecule has 2 N–H and O–H groups in total. The molecule has 0 radical (unpaired) electrons. The Morgan fingerprint density at radius 3 is 2.56 bits per heavy atom. The molecular weight excluding hydrogens is 460 g/mol.